The molecule has 1 aliphatic rings. The maximum Gasteiger partial charge on any atom is 0.424 e. The monoisotopic (exact) mass is 368 g/mol. The van der Waals surface area contributed by atoms with Crippen molar-refractivity contribution in [2.45, 2.75) is 17.9 Å². The third kappa shape index (κ3) is 3.63. The first kappa shape index (κ1) is 18.5. The van der Waals surface area contributed by atoms with Gasteiger partial charge < -0.3 is 14.8 Å². The van der Waals surface area contributed by atoms with Gasteiger partial charge in [0.1, 0.15) is 12.3 Å². The molecule has 0 saturated carbocycles. The van der Waals surface area contributed by atoms with Gasteiger partial charge in [0.25, 0.3) is 15.9 Å². The SMILES string of the molecule is C=C(NC(=O)[C@@H]1COC(=O)N1S(=O)(=O)c1ccc(C)cc1)C(=O)OC. The van der Waals surface area contributed by atoms with E-state index in [0.29, 0.717) is 4.31 Å². The predicted octanol–water partition coefficient (Wildman–Crippen LogP) is 0.307. The van der Waals surface area contributed by atoms with Crippen molar-refractivity contribution in [3.63, 3.8) is 0 Å². The number of rotatable bonds is 5. The molecule has 1 saturated heterocycles. The van der Waals surface area contributed by atoms with Crippen molar-refractivity contribution < 1.29 is 32.3 Å². The zero-order valence-corrected chi connectivity index (χ0v) is 14.3. The number of amides is 2. The average Bonchev–Trinajstić information content (AvgIpc) is 2.96. The lowest BCUT2D eigenvalue weighted by Gasteiger charge is -2.20. The van der Waals surface area contributed by atoms with Crippen LogP contribution in [0, 0.1) is 6.92 Å². The number of methoxy groups -OCH3 is 1. The van der Waals surface area contributed by atoms with E-state index in [0.717, 1.165) is 12.7 Å². The molecule has 0 bridgehead atoms. The largest absolute Gasteiger partial charge is 0.464 e. The third-order valence-electron chi connectivity index (χ3n) is 3.41. The molecule has 9 nitrogen and oxygen atoms in total. The molecule has 10 heteroatoms. The van der Waals surface area contributed by atoms with E-state index >= 15 is 0 Å². The molecule has 1 atom stereocenters. The van der Waals surface area contributed by atoms with Gasteiger partial charge in [0, 0.05) is 0 Å². The number of cyclic esters (lactones) is 1. The molecule has 1 fully saturated rings. The van der Waals surface area contributed by atoms with Crippen LogP contribution in [-0.2, 0) is 29.1 Å². The van der Waals surface area contributed by atoms with Crippen LogP contribution < -0.4 is 5.32 Å². The molecule has 0 aromatic heterocycles. The Morgan fingerprint density at radius 2 is 1.92 bits per heavy atom. The predicted molar refractivity (Wildman–Crippen MR) is 84.6 cm³/mol. The second-order valence-corrected chi connectivity index (χ2v) is 6.98. The molecule has 2 amide bonds. The van der Waals surface area contributed by atoms with Crippen molar-refractivity contribution >= 4 is 28.0 Å². The van der Waals surface area contributed by atoms with Crippen LogP contribution in [0.15, 0.2) is 41.4 Å². The summed E-state index contributed by atoms with van der Waals surface area (Å²) in [5.74, 6) is -1.83. The van der Waals surface area contributed by atoms with Gasteiger partial charge in [-0.1, -0.05) is 24.3 Å². The smallest absolute Gasteiger partial charge is 0.424 e. The normalized spacial score (nSPS) is 17.0. The molecule has 1 N–H and O–H groups in total. The van der Waals surface area contributed by atoms with Gasteiger partial charge in [-0.05, 0) is 19.1 Å². The Hall–Kier alpha value is -2.88. The Morgan fingerprint density at radius 3 is 2.48 bits per heavy atom. The fourth-order valence-electron chi connectivity index (χ4n) is 2.09. The highest BCUT2D eigenvalue weighted by atomic mass is 32.2. The third-order valence-corrected chi connectivity index (χ3v) is 5.20. The maximum atomic E-state index is 12.7. The minimum Gasteiger partial charge on any atom is -0.464 e. The molecule has 1 aromatic carbocycles. The van der Waals surface area contributed by atoms with E-state index in [9.17, 15) is 22.8 Å². The highest BCUT2D eigenvalue weighted by Gasteiger charge is 2.46. The molecule has 1 heterocycles. The van der Waals surface area contributed by atoms with Crippen LogP contribution in [0.25, 0.3) is 0 Å². The number of hydrogen-bond donors (Lipinski definition) is 1. The number of sulfonamides is 1. The molecular formula is C15H16N2O7S. The van der Waals surface area contributed by atoms with Crippen LogP contribution in [0.4, 0.5) is 4.79 Å². The van der Waals surface area contributed by atoms with Gasteiger partial charge >= 0.3 is 12.1 Å². The lowest BCUT2D eigenvalue weighted by Crippen LogP contribution is -2.48. The topological polar surface area (TPSA) is 119 Å². The summed E-state index contributed by atoms with van der Waals surface area (Å²) in [5, 5.41) is 2.11. The standard InChI is InChI=1S/C15H16N2O7S/c1-9-4-6-11(7-5-9)25(21,22)17-12(8-24-15(17)20)13(18)16-10(2)14(19)23-3/h4-7,12H,2,8H2,1,3H3,(H,16,18)/t12-/m0/s1. The van der Waals surface area contributed by atoms with Gasteiger partial charge in [0.2, 0.25) is 0 Å². The summed E-state index contributed by atoms with van der Waals surface area (Å²) in [6.45, 7) is 4.60. The molecule has 0 radical (unpaired) electrons. The number of benzene rings is 1. The summed E-state index contributed by atoms with van der Waals surface area (Å²) in [6, 6.07) is 4.28. The zero-order valence-electron chi connectivity index (χ0n) is 13.5. The van der Waals surface area contributed by atoms with Gasteiger partial charge in [-0.15, -0.1) is 0 Å². The molecular weight excluding hydrogens is 352 g/mol. The van der Waals surface area contributed by atoms with E-state index in [1.54, 1.807) is 19.1 Å². The van der Waals surface area contributed by atoms with E-state index < -0.39 is 40.6 Å². The van der Waals surface area contributed by atoms with Gasteiger partial charge in [-0.25, -0.2) is 18.0 Å². The van der Waals surface area contributed by atoms with Gasteiger partial charge in [0.05, 0.1) is 12.0 Å². The quantitative estimate of drug-likeness (QED) is 0.587. The van der Waals surface area contributed by atoms with Gasteiger partial charge in [-0.2, -0.15) is 4.31 Å². The van der Waals surface area contributed by atoms with Crippen molar-refractivity contribution in [1.29, 1.82) is 0 Å². The molecule has 134 valence electrons. The summed E-state index contributed by atoms with van der Waals surface area (Å²) >= 11 is 0. The Balaban J connectivity index is 2.29. The summed E-state index contributed by atoms with van der Waals surface area (Å²) < 4.78 is 34.8. The van der Waals surface area contributed by atoms with Crippen LogP contribution in [-0.4, -0.2) is 50.5 Å². The lowest BCUT2D eigenvalue weighted by molar-refractivity contribution is -0.138. The van der Waals surface area contributed by atoms with E-state index in [1.807, 2.05) is 0 Å². The van der Waals surface area contributed by atoms with Crippen molar-refractivity contribution in [3.8, 4) is 0 Å². The molecule has 1 aliphatic heterocycles. The van der Waals surface area contributed by atoms with Crippen LogP contribution >= 0.6 is 0 Å². The number of esters is 1. The van der Waals surface area contributed by atoms with E-state index in [2.05, 4.69) is 16.6 Å². The van der Waals surface area contributed by atoms with Crippen molar-refractivity contribution in [3.05, 3.63) is 42.1 Å². The van der Waals surface area contributed by atoms with E-state index in [-0.39, 0.29) is 10.6 Å². The molecule has 2 rings (SSSR count). The van der Waals surface area contributed by atoms with E-state index in [1.165, 1.54) is 12.1 Å². The Labute approximate surface area is 144 Å². The highest BCUT2D eigenvalue weighted by molar-refractivity contribution is 7.89. The summed E-state index contributed by atoms with van der Waals surface area (Å²) in [6.07, 6.45) is -1.18. The first-order valence-electron chi connectivity index (χ1n) is 7.04. The van der Waals surface area contributed by atoms with Gasteiger partial charge in [-0.3, -0.25) is 4.79 Å². The molecule has 0 aliphatic carbocycles. The zero-order chi connectivity index (χ0) is 18.8. The van der Waals surface area contributed by atoms with Crippen LogP contribution in [0.1, 0.15) is 5.56 Å². The van der Waals surface area contributed by atoms with Crippen LogP contribution in [0.3, 0.4) is 0 Å². The summed E-state index contributed by atoms with van der Waals surface area (Å²) in [4.78, 5) is 35.3. The summed E-state index contributed by atoms with van der Waals surface area (Å²) in [5.41, 5.74) is 0.436. The second kappa shape index (κ2) is 6.93. The Morgan fingerprint density at radius 1 is 1.32 bits per heavy atom. The first-order valence-corrected chi connectivity index (χ1v) is 8.48. The fraction of sp³-hybridized carbons (Fsp3) is 0.267. The van der Waals surface area contributed by atoms with Crippen molar-refractivity contribution in [2.75, 3.05) is 13.7 Å². The molecule has 1 aromatic rings. The molecule has 0 unspecified atom stereocenters. The van der Waals surface area contributed by atoms with Crippen LogP contribution in [0.5, 0.6) is 0 Å². The average molecular weight is 368 g/mol. The van der Waals surface area contributed by atoms with Crippen molar-refractivity contribution in [1.82, 2.24) is 9.62 Å². The lowest BCUT2D eigenvalue weighted by atomic mass is 10.2. The molecule has 0 spiro atoms. The maximum absolute atomic E-state index is 12.7. The number of nitrogens with one attached hydrogen (secondary N) is 1. The summed E-state index contributed by atoms with van der Waals surface area (Å²) in [7, 11) is -3.22. The van der Waals surface area contributed by atoms with Crippen molar-refractivity contribution in [2.24, 2.45) is 0 Å². The number of carbonyl (C=O) groups excluding carboxylic acids is 3. The second-order valence-electron chi connectivity index (χ2n) is 5.17. The number of aryl methyl sites for hydroxylation is 1. The number of nitrogens with zero attached hydrogens (tertiary/aromatic N) is 1. The number of carbonyl (C=O) groups is 3. The van der Waals surface area contributed by atoms with Gasteiger partial charge in [0.15, 0.2) is 6.04 Å². The Kier molecular flexibility index (Phi) is 5.12. The minimum absolute atomic E-state index is 0.165. The number of hydrogen-bond acceptors (Lipinski definition) is 7. The minimum atomic E-state index is -4.31. The highest BCUT2D eigenvalue weighted by Crippen LogP contribution is 2.24. The fourth-order valence-corrected chi connectivity index (χ4v) is 3.53. The first-order chi connectivity index (χ1) is 11.7. The van der Waals surface area contributed by atoms with Crippen LogP contribution in [0.2, 0.25) is 0 Å². The Bertz CT molecular complexity index is 830. The number of ether oxygens (including phenoxy) is 2. The van der Waals surface area contributed by atoms with E-state index in [4.69, 9.17) is 4.74 Å². The molecule has 25 heavy (non-hydrogen) atoms.